The minimum atomic E-state index is -0.436. The second-order valence-corrected chi connectivity index (χ2v) is 3.56. The molecule has 0 unspecified atom stereocenters. The fourth-order valence-corrected chi connectivity index (χ4v) is 1.77. The number of methoxy groups -OCH3 is 1. The van der Waals surface area contributed by atoms with Gasteiger partial charge in [-0.2, -0.15) is 0 Å². The van der Waals surface area contributed by atoms with Crippen molar-refractivity contribution in [1.29, 1.82) is 0 Å². The lowest BCUT2D eigenvalue weighted by Gasteiger charge is -1.95. The van der Waals surface area contributed by atoms with Crippen molar-refractivity contribution in [2.24, 2.45) is 0 Å². The van der Waals surface area contributed by atoms with Crippen molar-refractivity contribution >= 4 is 22.3 Å². The average Bonchev–Trinajstić information content (AvgIpc) is 2.74. The molecule has 0 saturated carbocycles. The molecular formula is C8H9N3O3S. The van der Waals surface area contributed by atoms with Gasteiger partial charge in [-0.05, 0) is 18.3 Å². The van der Waals surface area contributed by atoms with Crippen LogP contribution in [0.3, 0.4) is 0 Å². The van der Waals surface area contributed by atoms with E-state index in [0.29, 0.717) is 16.8 Å². The summed E-state index contributed by atoms with van der Waals surface area (Å²) in [6.45, 7) is 2.08. The van der Waals surface area contributed by atoms with Gasteiger partial charge in [0.25, 0.3) is 5.19 Å². The van der Waals surface area contributed by atoms with Crippen LogP contribution in [0.4, 0.5) is 0 Å². The van der Waals surface area contributed by atoms with Gasteiger partial charge in [-0.25, -0.2) is 14.3 Å². The van der Waals surface area contributed by atoms with E-state index in [9.17, 15) is 4.79 Å². The van der Waals surface area contributed by atoms with Crippen LogP contribution >= 0.6 is 11.3 Å². The fraction of sp³-hybridized carbons (Fsp3) is 0.375. The molecule has 2 heterocycles. The molecular weight excluding hydrogens is 218 g/mol. The second kappa shape index (κ2) is 3.85. The monoisotopic (exact) mass is 227 g/mol. The topological polar surface area (TPSA) is 65.7 Å². The first kappa shape index (κ1) is 9.91. The number of rotatable bonds is 3. The molecule has 0 atom stereocenters. The maximum atomic E-state index is 11.3. The first-order valence-electron chi connectivity index (χ1n) is 4.32. The minimum Gasteiger partial charge on any atom is -0.472 e. The van der Waals surface area contributed by atoms with E-state index in [2.05, 4.69) is 10.1 Å². The van der Waals surface area contributed by atoms with Crippen LogP contribution < -0.4 is 4.74 Å². The van der Waals surface area contributed by atoms with Gasteiger partial charge in [-0.3, -0.25) is 0 Å². The van der Waals surface area contributed by atoms with Crippen molar-refractivity contribution in [3.05, 3.63) is 11.9 Å². The molecule has 2 aromatic rings. The summed E-state index contributed by atoms with van der Waals surface area (Å²) in [5.41, 5.74) is 0.262. The molecule has 2 rings (SSSR count). The predicted molar refractivity (Wildman–Crippen MR) is 53.4 cm³/mol. The summed E-state index contributed by atoms with van der Waals surface area (Å²) in [7, 11) is 1.53. The van der Waals surface area contributed by atoms with E-state index in [0.717, 1.165) is 0 Å². The van der Waals surface area contributed by atoms with Crippen molar-refractivity contribution < 1.29 is 14.3 Å². The smallest absolute Gasteiger partial charge is 0.358 e. The van der Waals surface area contributed by atoms with Gasteiger partial charge >= 0.3 is 5.97 Å². The van der Waals surface area contributed by atoms with Crippen LogP contribution in [-0.2, 0) is 4.74 Å². The molecule has 0 aliphatic heterocycles. The number of imidazole rings is 1. The van der Waals surface area contributed by atoms with E-state index in [1.165, 1.54) is 29.2 Å². The Bertz CT molecular complexity index is 459. The molecule has 0 radical (unpaired) electrons. The Labute approximate surface area is 89.4 Å². The van der Waals surface area contributed by atoms with E-state index in [1.54, 1.807) is 6.92 Å². The highest BCUT2D eigenvalue weighted by atomic mass is 32.1. The Morgan fingerprint density at radius 2 is 2.47 bits per heavy atom. The van der Waals surface area contributed by atoms with E-state index in [4.69, 9.17) is 9.47 Å². The molecule has 0 N–H and O–H groups in total. The van der Waals surface area contributed by atoms with Crippen LogP contribution in [0.1, 0.15) is 17.4 Å². The first-order valence-corrected chi connectivity index (χ1v) is 5.13. The summed E-state index contributed by atoms with van der Waals surface area (Å²) in [6, 6.07) is 0. The van der Waals surface area contributed by atoms with Crippen molar-refractivity contribution in [1.82, 2.24) is 14.6 Å². The van der Waals surface area contributed by atoms with Gasteiger partial charge in [-0.1, -0.05) is 0 Å². The van der Waals surface area contributed by atoms with Gasteiger partial charge in [0.1, 0.15) is 0 Å². The molecule has 0 aromatic carbocycles. The molecule has 7 heteroatoms. The number of nitrogens with zero attached hydrogens (tertiary/aromatic N) is 3. The zero-order valence-corrected chi connectivity index (χ0v) is 9.08. The van der Waals surface area contributed by atoms with Gasteiger partial charge in [0, 0.05) is 0 Å². The largest absolute Gasteiger partial charge is 0.472 e. The summed E-state index contributed by atoms with van der Waals surface area (Å²) in [5.74, 6) is -0.436. The normalized spacial score (nSPS) is 10.5. The van der Waals surface area contributed by atoms with Gasteiger partial charge < -0.3 is 9.47 Å². The standard InChI is InChI=1S/C8H9N3O3S/c1-3-14-6(12)5-4-11-7(9-5)15-8(10-11)13-2/h4H,3H2,1-2H3. The molecule has 0 bridgehead atoms. The Balaban J connectivity index is 2.32. The van der Waals surface area contributed by atoms with E-state index in [1.807, 2.05) is 0 Å². The van der Waals surface area contributed by atoms with Crippen molar-refractivity contribution in [3.8, 4) is 5.19 Å². The molecule has 6 nitrogen and oxygen atoms in total. The number of hydrogen-bond donors (Lipinski definition) is 0. The van der Waals surface area contributed by atoms with Crippen LogP contribution in [0, 0.1) is 0 Å². The van der Waals surface area contributed by atoms with Crippen LogP contribution in [0.5, 0.6) is 5.19 Å². The van der Waals surface area contributed by atoms with Crippen LogP contribution in [0.15, 0.2) is 6.20 Å². The Morgan fingerprint density at radius 3 is 3.07 bits per heavy atom. The number of esters is 1. The Kier molecular flexibility index (Phi) is 2.55. The van der Waals surface area contributed by atoms with Crippen molar-refractivity contribution in [2.75, 3.05) is 13.7 Å². The van der Waals surface area contributed by atoms with Crippen molar-refractivity contribution in [3.63, 3.8) is 0 Å². The third-order valence-corrected chi connectivity index (χ3v) is 2.57. The van der Waals surface area contributed by atoms with Gasteiger partial charge in [-0.15, -0.1) is 5.10 Å². The number of carbonyl (C=O) groups excluding carboxylic acids is 1. The number of ether oxygens (including phenoxy) is 2. The maximum absolute atomic E-state index is 11.3. The molecule has 0 amide bonds. The lowest BCUT2D eigenvalue weighted by Crippen LogP contribution is -2.04. The van der Waals surface area contributed by atoms with Gasteiger partial charge in [0.2, 0.25) is 4.96 Å². The van der Waals surface area contributed by atoms with Gasteiger partial charge in [0.15, 0.2) is 5.69 Å². The van der Waals surface area contributed by atoms with E-state index < -0.39 is 5.97 Å². The number of fused-ring (bicyclic) bond motifs is 1. The van der Waals surface area contributed by atoms with Crippen LogP contribution in [0.2, 0.25) is 0 Å². The quantitative estimate of drug-likeness (QED) is 0.731. The highest BCUT2D eigenvalue weighted by Gasteiger charge is 2.14. The number of carbonyl (C=O) groups is 1. The zero-order valence-electron chi connectivity index (χ0n) is 8.26. The van der Waals surface area contributed by atoms with E-state index >= 15 is 0 Å². The number of aromatic nitrogens is 3. The molecule has 0 fully saturated rings. The molecule has 0 spiro atoms. The molecule has 0 saturated heterocycles. The lowest BCUT2D eigenvalue weighted by atomic mass is 10.5. The first-order chi connectivity index (χ1) is 7.24. The molecule has 0 aliphatic carbocycles. The van der Waals surface area contributed by atoms with Crippen LogP contribution in [0.25, 0.3) is 4.96 Å². The Hall–Kier alpha value is -1.63. The highest BCUT2D eigenvalue weighted by molar-refractivity contribution is 7.18. The summed E-state index contributed by atoms with van der Waals surface area (Å²) in [4.78, 5) is 16.0. The lowest BCUT2D eigenvalue weighted by molar-refractivity contribution is 0.0520. The van der Waals surface area contributed by atoms with E-state index in [-0.39, 0.29) is 5.69 Å². The van der Waals surface area contributed by atoms with Crippen molar-refractivity contribution in [2.45, 2.75) is 6.92 Å². The SMILES string of the molecule is CCOC(=O)c1cn2nc(OC)sc2n1. The zero-order chi connectivity index (χ0) is 10.8. The molecule has 0 aliphatic rings. The molecule has 80 valence electrons. The summed E-state index contributed by atoms with van der Waals surface area (Å²) in [6.07, 6.45) is 1.52. The summed E-state index contributed by atoms with van der Waals surface area (Å²) < 4.78 is 11.2. The summed E-state index contributed by atoms with van der Waals surface area (Å²) >= 11 is 1.26. The van der Waals surface area contributed by atoms with Crippen LogP contribution in [-0.4, -0.2) is 34.3 Å². The predicted octanol–water partition coefficient (Wildman–Crippen LogP) is 0.976. The molecule has 2 aromatic heterocycles. The maximum Gasteiger partial charge on any atom is 0.358 e. The highest BCUT2D eigenvalue weighted by Crippen LogP contribution is 2.20. The average molecular weight is 227 g/mol. The summed E-state index contributed by atoms with van der Waals surface area (Å²) in [5, 5.41) is 4.54. The molecule has 15 heavy (non-hydrogen) atoms. The van der Waals surface area contributed by atoms with Gasteiger partial charge in [0.05, 0.1) is 19.9 Å². The Morgan fingerprint density at radius 1 is 1.67 bits per heavy atom. The third kappa shape index (κ3) is 1.78. The number of hydrogen-bond acceptors (Lipinski definition) is 6. The third-order valence-electron chi connectivity index (χ3n) is 1.68. The second-order valence-electron chi connectivity index (χ2n) is 2.65. The fourth-order valence-electron chi connectivity index (χ4n) is 1.07. The minimum absolute atomic E-state index is 0.262.